The van der Waals surface area contributed by atoms with Gasteiger partial charge in [0.1, 0.15) is 5.56 Å². The number of aryl methyl sites for hydroxylation is 2. The predicted octanol–water partition coefficient (Wildman–Crippen LogP) is 0.810. The van der Waals surface area contributed by atoms with Crippen LogP contribution in [0.5, 0.6) is 0 Å². The Morgan fingerprint density at radius 2 is 1.96 bits per heavy atom. The summed E-state index contributed by atoms with van der Waals surface area (Å²) in [5, 5.41) is 5.94. The van der Waals surface area contributed by atoms with Gasteiger partial charge in [-0.15, -0.1) is 0 Å². The standard InChI is InChI=1S/C19H25N3O4/c23-16-8-7-14(17(22-16)15-6-3-9-26-15)21-19(25)12-10-11-4-1-2-5-13(11)20-18(12)24/h10,14-15,17H,1-9H2,(H,20,24)(H,21,25)(H,22,23)/t14-,15+,17+/m0/s1. The molecule has 3 aliphatic rings. The molecule has 0 unspecified atom stereocenters. The zero-order chi connectivity index (χ0) is 18.1. The molecule has 1 aromatic rings. The van der Waals surface area contributed by atoms with Gasteiger partial charge in [-0.05, 0) is 56.6 Å². The predicted molar refractivity (Wildman–Crippen MR) is 95.1 cm³/mol. The fraction of sp³-hybridized carbons (Fsp3) is 0.632. The summed E-state index contributed by atoms with van der Waals surface area (Å²) in [6, 6.07) is 1.28. The van der Waals surface area contributed by atoms with Gasteiger partial charge in [0.15, 0.2) is 0 Å². The van der Waals surface area contributed by atoms with Crippen molar-refractivity contribution in [1.82, 2.24) is 15.6 Å². The molecule has 0 aromatic carbocycles. The fourth-order valence-electron chi connectivity index (χ4n) is 4.31. The van der Waals surface area contributed by atoms with E-state index in [2.05, 4.69) is 15.6 Å². The van der Waals surface area contributed by atoms with Crippen LogP contribution in [0.4, 0.5) is 0 Å². The lowest BCUT2D eigenvalue weighted by atomic mass is 9.91. The third kappa shape index (κ3) is 3.40. The number of aromatic nitrogens is 1. The number of carbonyl (C=O) groups is 2. The summed E-state index contributed by atoms with van der Waals surface area (Å²) in [4.78, 5) is 39.8. The van der Waals surface area contributed by atoms with E-state index in [1.165, 1.54) is 0 Å². The lowest BCUT2D eigenvalue weighted by Gasteiger charge is -2.36. The Morgan fingerprint density at radius 3 is 2.77 bits per heavy atom. The van der Waals surface area contributed by atoms with Crippen LogP contribution in [0.15, 0.2) is 10.9 Å². The lowest BCUT2D eigenvalue weighted by Crippen LogP contribution is -2.60. The Bertz CT molecular complexity index is 767. The summed E-state index contributed by atoms with van der Waals surface area (Å²) < 4.78 is 5.72. The van der Waals surface area contributed by atoms with Gasteiger partial charge >= 0.3 is 0 Å². The number of rotatable bonds is 3. The van der Waals surface area contributed by atoms with E-state index in [0.717, 1.165) is 49.8 Å². The molecule has 7 heteroatoms. The summed E-state index contributed by atoms with van der Waals surface area (Å²) in [5.74, 6) is -0.383. The first-order valence-corrected chi connectivity index (χ1v) is 9.59. The number of amides is 2. The van der Waals surface area contributed by atoms with E-state index < -0.39 is 0 Å². The smallest absolute Gasteiger partial charge is 0.261 e. The van der Waals surface area contributed by atoms with Crippen molar-refractivity contribution in [2.24, 2.45) is 0 Å². The number of hydrogen-bond donors (Lipinski definition) is 3. The molecule has 0 radical (unpaired) electrons. The first-order valence-electron chi connectivity index (χ1n) is 9.59. The highest BCUT2D eigenvalue weighted by atomic mass is 16.5. The molecule has 4 rings (SSSR count). The fourth-order valence-corrected chi connectivity index (χ4v) is 4.31. The first-order chi connectivity index (χ1) is 12.6. The average molecular weight is 359 g/mol. The molecule has 0 saturated carbocycles. The Hall–Kier alpha value is -2.15. The Labute approximate surface area is 151 Å². The van der Waals surface area contributed by atoms with Crippen LogP contribution in [-0.4, -0.2) is 41.6 Å². The molecule has 3 N–H and O–H groups in total. The topological polar surface area (TPSA) is 100 Å². The van der Waals surface area contributed by atoms with Gasteiger partial charge in [-0.25, -0.2) is 0 Å². The minimum absolute atomic E-state index is 0.0115. The molecular weight excluding hydrogens is 334 g/mol. The van der Waals surface area contributed by atoms with Crippen molar-refractivity contribution in [3.8, 4) is 0 Å². The number of ether oxygens (including phenoxy) is 1. The van der Waals surface area contributed by atoms with Crippen molar-refractivity contribution >= 4 is 11.8 Å². The van der Waals surface area contributed by atoms with Gasteiger partial charge in [0.2, 0.25) is 5.91 Å². The molecule has 2 fully saturated rings. The van der Waals surface area contributed by atoms with Gasteiger partial charge in [-0.3, -0.25) is 14.4 Å². The van der Waals surface area contributed by atoms with Gasteiger partial charge in [0.05, 0.1) is 18.2 Å². The van der Waals surface area contributed by atoms with E-state index in [1.54, 1.807) is 6.07 Å². The molecule has 26 heavy (non-hydrogen) atoms. The maximum atomic E-state index is 12.8. The molecule has 3 atom stereocenters. The summed E-state index contributed by atoms with van der Waals surface area (Å²) in [6.45, 7) is 0.683. The SMILES string of the molecule is O=C1CC[C@H](NC(=O)c2cc3c([nH]c2=O)CCCC3)[C@H]([C@H]2CCCO2)N1. The molecular formula is C19H25N3O4. The van der Waals surface area contributed by atoms with Crippen LogP contribution in [0.2, 0.25) is 0 Å². The van der Waals surface area contributed by atoms with Crippen LogP contribution in [0, 0.1) is 0 Å². The van der Waals surface area contributed by atoms with Crippen molar-refractivity contribution in [2.45, 2.75) is 69.6 Å². The lowest BCUT2D eigenvalue weighted by molar-refractivity contribution is -0.125. The summed E-state index contributed by atoms with van der Waals surface area (Å²) >= 11 is 0. The highest BCUT2D eigenvalue weighted by molar-refractivity contribution is 5.94. The number of H-pyrrole nitrogens is 1. The second-order valence-electron chi connectivity index (χ2n) is 7.49. The van der Waals surface area contributed by atoms with Crippen molar-refractivity contribution in [3.05, 3.63) is 33.2 Å². The normalized spacial score (nSPS) is 28.3. The van der Waals surface area contributed by atoms with Crippen molar-refractivity contribution in [3.63, 3.8) is 0 Å². The third-order valence-electron chi connectivity index (χ3n) is 5.71. The summed E-state index contributed by atoms with van der Waals surface area (Å²) in [6.07, 6.45) is 6.59. The second-order valence-corrected chi connectivity index (χ2v) is 7.49. The minimum atomic E-state index is -0.372. The maximum Gasteiger partial charge on any atom is 0.261 e. The van der Waals surface area contributed by atoms with Crippen LogP contribution in [0.25, 0.3) is 0 Å². The zero-order valence-corrected chi connectivity index (χ0v) is 14.8. The molecule has 1 aliphatic carbocycles. The number of aromatic amines is 1. The van der Waals surface area contributed by atoms with Crippen molar-refractivity contribution in [2.75, 3.05) is 6.61 Å². The van der Waals surface area contributed by atoms with Gasteiger partial charge < -0.3 is 20.4 Å². The average Bonchev–Trinajstić information content (AvgIpc) is 3.17. The molecule has 0 spiro atoms. The molecule has 2 aliphatic heterocycles. The number of hydrogen-bond acceptors (Lipinski definition) is 4. The highest BCUT2D eigenvalue weighted by Crippen LogP contribution is 2.23. The van der Waals surface area contributed by atoms with Gasteiger partial charge in [0.25, 0.3) is 11.5 Å². The highest BCUT2D eigenvalue weighted by Gasteiger charge is 2.38. The van der Waals surface area contributed by atoms with Crippen LogP contribution < -0.4 is 16.2 Å². The molecule has 2 saturated heterocycles. The quantitative estimate of drug-likeness (QED) is 0.743. The van der Waals surface area contributed by atoms with Crippen LogP contribution in [-0.2, 0) is 22.4 Å². The Kier molecular flexibility index (Phi) is 4.80. The number of fused-ring (bicyclic) bond motifs is 1. The number of carbonyl (C=O) groups excluding carboxylic acids is 2. The second kappa shape index (κ2) is 7.23. The van der Waals surface area contributed by atoms with Crippen molar-refractivity contribution < 1.29 is 14.3 Å². The summed E-state index contributed by atoms with van der Waals surface area (Å²) in [7, 11) is 0. The molecule has 2 amide bonds. The van der Waals surface area contributed by atoms with Crippen LogP contribution in [0.1, 0.15) is 60.1 Å². The minimum Gasteiger partial charge on any atom is -0.376 e. The van der Waals surface area contributed by atoms with E-state index in [9.17, 15) is 14.4 Å². The van der Waals surface area contributed by atoms with Crippen LogP contribution in [0.3, 0.4) is 0 Å². The van der Waals surface area contributed by atoms with Crippen molar-refractivity contribution in [1.29, 1.82) is 0 Å². The van der Waals surface area contributed by atoms with Gasteiger partial charge in [-0.1, -0.05) is 0 Å². The maximum absolute atomic E-state index is 12.8. The number of pyridine rings is 1. The van der Waals surface area contributed by atoms with E-state index in [0.29, 0.717) is 19.4 Å². The Morgan fingerprint density at radius 1 is 1.12 bits per heavy atom. The number of nitrogens with one attached hydrogen (secondary N) is 3. The number of piperidine rings is 1. The largest absolute Gasteiger partial charge is 0.376 e. The summed E-state index contributed by atoms with van der Waals surface area (Å²) in [5.41, 5.74) is 1.85. The van der Waals surface area contributed by atoms with Gasteiger partial charge in [0, 0.05) is 18.7 Å². The molecule has 3 heterocycles. The van der Waals surface area contributed by atoms with E-state index in [1.807, 2.05) is 0 Å². The molecule has 7 nitrogen and oxygen atoms in total. The first kappa shape index (κ1) is 17.3. The molecule has 1 aromatic heterocycles. The molecule has 0 bridgehead atoms. The monoisotopic (exact) mass is 359 g/mol. The molecule has 140 valence electrons. The third-order valence-corrected chi connectivity index (χ3v) is 5.71. The zero-order valence-electron chi connectivity index (χ0n) is 14.8. The van der Waals surface area contributed by atoms with E-state index >= 15 is 0 Å². The van der Waals surface area contributed by atoms with Gasteiger partial charge in [-0.2, -0.15) is 0 Å². The Balaban J connectivity index is 1.53. The van der Waals surface area contributed by atoms with E-state index in [4.69, 9.17) is 4.74 Å². The van der Waals surface area contributed by atoms with Crippen LogP contribution >= 0.6 is 0 Å². The van der Waals surface area contributed by atoms with E-state index in [-0.39, 0.29) is 41.1 Å².